The molecule has 0 unspecified atom stereocenters. The molecule has 0 saturated carbocycles. The molecule has 6 nitrogen and oxygen atoms in total. The number of nitrogens with one attached hydrogen (secondary N) is 1. The molecule has 1 aromatic carbocycles. The van der Waals surface area contributed by atoms with Gasteiger partial charge in [-0.25, -0.2) is 0 Å². The fraction of sp³-hybridized carbons (Fsp3) is 0.458. The highest BCUT2D eigenvalue weighted by Gasteiger charge is 2.25. The summed E-state index contributed by atoms with van der Waals surface area (Å²) in [6, 6.07) is 7.75. The summed E-state index contributed by atoms with van der Waals surface area (Å²) in [5.41, 5.74) is 4.16. The number of aryl methyl sites for hydroxylation is 3. The Morgan fingerprint density at radius 3 is 2.57 bits per heavy atom. The molecule has 2 aromatic rings. The Bertz CT molecular complexity index is 954. The molecule has 0 atom stereocenters. The Morgan fingerprint density at radius 1 is 1.07 bits per heavy atom. The van der Waals surface area contributed by atoms with Gasteiger partial charge in [-0.1, -0.05) is 12.1 Å². The summed E-state index contributed by atoms with van der Waals surface area (Å²) in [6.07, 6.45) is 6.69. The van der Waals surface area contributed by atoms with E-state index >= 15 is 0 Å². The molecule has 6 heteroatoms. The Balaban J connectivity index is 1.22. The van der Waals surface area contributed by atoms with Crippen LogP contribution >= 0.6 is 0 Å². The molecule has 1 aliphatic heterocycles. The lowest BCUT2D eigenvalue weighted by Gasteiger charge is -2.32. The monoisotopic (exact) mass is 408 g/mol. The molecule has 1 N–H and O–H groups in total. The lowest BCUT2D eigenvalue weighted by atomic mass is 10.0. The summed E-state index contributed by atoms with van der Waals surface area (Å²) in [7, 11) is 0. The van der Waals surface area contributed by atoms with Gasteiger partial charge in [0.05, 0.1) is 6.26 Å². The zero-order chi connectivity index (χ0) is 21.1. The molecule has 2 aliphatic rings. The number of hydrogen-bond acceptors (Lipinski definition) is 4. The second-order valence-corrected chi connectivity index (χ2v) is 8.32. The molecule has 1 aliphatic carbocycles. The van der Waals surface area contributed by atoms with Crippen LogP contribution in [0, 0.1) is 6.92 Å². The van der Waals surface area contributed by atoms with Gasteiger partial charge in [-0.05, 0) is 62.3 Å². The predicted octanol–water partition coefficient (Wildman–Crippen LogP) is 3.46. The molecule has 1 aromatic heterocycles. The Kier molecular flexibility index (Phi) is 6.02. The average Bonchev–Trinajstić information content (AvgIpc) is 3.40. The number of carbonyl (C=O) groups is 3. The zero-order valence-electron chi connectivity index (χ0n) is 17.4. The lowest BCUT2D eigenvalue weighted by Crippen LogP contribution is -2.46. The normalized spacial score (nSPS) is 16.4. The first-order chi connectivity index (χ1) is 14.5. The smallest absolute Gasteiger partial charge is 0.287 e. The molecule has 4 rings (SSSR count). The van der Waals surface area contributed by atoms with Crippen molar-refractivity contribution in [2.24, 2.45) is 0 Å². The van der Waals surface area contributed by atoms with Crippen molar-refractivity contribution in [3.05, 3.63) is 58.5 Å². The van der Waals surface area contributed by atoms with E-state index in [1.807, 2.05) is 19.1 Å². The van der Waals surface area contributed by atoms with E-state index in [9.17, 15) is 14.4 Å². The number of likely N-dealkylation sites (tertiary alicyclic amines) is 1. The van der Waals surface area contributed by atoms with Crippen molar-refractivity contribution in [2.75, 3.05) is 13.1 Å². The van der Waals surface area contributed by atoms with Crippen molar-refractivity contribution in [1.29, 1.82) is 0 Å². The van der Waals surface area contributed by atoms with Crippen LogP contribution < -0.4 is 5.32 Å². The first-order valence-corrected chi connectivity index (χ1v) is 10.8. The third-order valence-electron chi connectivity index (χ3n) is 6.24. The summed E-state index contributed by atoms with van der Waals surface area (Å²) >= 11 is 0. The maximum atomic E-state index is 12.6. The number of hydrogen-bond donors (Lipinski definition) is 1. The molecule has 0 spiro atoms. The molecule has 1 saturated heterocycles. The third kappa shape index (κ3) is 4.48. The van der Waals surface area contributed by atoms with Gasteiger partial charge in [-0.2, -0.15) is 0 Å². The minimum atomic E-state index is -0.206. The summed E-state index contributed by atoms with van der Waals surface area (Å²) in [6.45, 7) is 3.02. The summed E-state index contributed by atoms with van der Waals surface area (Å²) in [4.78, 5) is 39.1. The standard InChI is InChI=1S/C24H28N2O4/c1-16-11-14-30-23(16)24(29)25-20-9-12-26(13-10-20)22(28)8-7-21(27)19-6-5-17-3-2-4-18(17)15-19/h5-6,11,14-15,20H,2-4,7-10,12-13H2,1H3,(H,25,29). The molecule has 2 heterocycles. The number of ketones is 1. The van der Waals surface area contributed by atoms with Crippen LogP contribution in [0.2, 0.25) is 0 Å². The van der Waals surface area contributed by atoms with Crippen molar-refractivity contribution in [3.63, 3.8) is 0 Å². The van der Waals surface area contributed by atoms with E-state index < -0.39 is 0 Å². The second-order valence-electron chi connectivity index (χ2n) is 8.32. The van der Waals surface area contributed by atoms with Gasteiger partial charge in [-0.3, -0.25) is 14.4 Å². The number of rotatable bonds is 6. The number of furan rings is 1. The van der Waals surface area contributed by atoms with Gasteiger partial charge in [0, 0.05) is 43.1 Å². The van der Waals surface area contributed by atoms with Gasteiger partial charge >= 0.3 is 0 Å². The second kappa shape index (κ2) is 8.86. The fourth-order valence-electron chi connectivity index (χ4n) is 4.40. The van der Waals surface area contributed by atoms with E-state index in [0.717, 1.165) is 30.4 Å². The van der Waals surface area contributed by atoms with Gasteiger partial charge in [0.15, 0.2) is 11.5 Å². The Morgan fingerprint density at radius 2 is 1.83 bits per heavy atom. The molecule has 0 radical (unpaired) electrons. The highest BCUT2D eigenvalue weighted by Crippen LogP contribution is 2.23. The van der Waals surface area contributed by atoms with Crippen molar-refractivity contribution >= 4 is 17.6 Å². The quantitative estimate of drug-likeness (QED) is 0.743. The highest BCUT2D eigenvalue weighted by molar-refractivity contribution is 5.98. The highest BCUT2D eigenvalue weighted by atomic mass is 16.3. The van der Waals surface area contributed by atoms with Crippen LogP contribution in [0.3, 0.4) is 0 Å². The van der Waals surface area contributed by atoms with Gasteiger partial charge in [0.2, 0.25) is 5.91 Å². The molecule has 30 heavy (non-hydrogen) atoms. The SMILES string of the molecule is Cc1ccoc1C(=O)NC1CCN(C(=O)CCC(=O)c2ccc3c(c2)CCC3)CC1. The maximum Gasteiger partial charge on any atom is 0.287 e. The van der Waals surface area contributed by atoms with E-state index in [1.165, 1.54) is 17.4 Å². The molecular formula is C24H28N2O4. The van der Waals surface area contributed by atoms with E-state index in [0.29, 0.717) is 31.7 Å². The van der Waals surface area contributed by atoms with Crippen LogP contribution in [-0.2, 0) is 17.6 Å². The van der Waals surface area contributed by atoms with Crippen molar-refractivity contribution in [3.8, 4) is 0 Å². The Hall–Kier alpha value is -2.89. The minimum absolute atomic E-state index is 0.0103. The summed E-state index contributed by atoms with van der Waals surface area (Å²) in [5, 5.41) is 2.99. The number of piperidine rings is 1. The largest absolute Gasteiger partial charge is 0.459 e. The van der Waals surface area contributed by atoms with Crippen molar-refractivity contribution < 1.29 is 18.8 Å². The number of benzene rings is 1. The number of Topliss-reactive ketones (excluding diaryl/α,β-unsaturated/α-hetero) is 1. The molecule has 2 amide bonds. The lowest BCUT2D eigenvalue weighted by molar-refractivity contribution is -0.132. The van der Waals surface area contributed by atoms with Gasteiger partial charge in [-0.15, -0.1) is 0 Å². The van der Waals surface area contributed by atoms with Gasteiger partial charge in [0.1, 0.15) is 0 Å². The zero-order valence-corrected chi connectivity index (χ0v) is 17.4. The number of nitrogens with zero attached hydrogens (tertiary/aromatic N) is 1. The first-order valence-electron chi connectivity index (χ1n) is 10.8. The number of fused-ring (bicyclic) bond motifs is 1. The van der Waals surface area contributed by atoms with Gasteiger partial charge < -0.3 is 14.6 Å². The van der Waals surface area contributed by atoms with Crippen LogP contribution in [0.5, 0.6) is 0 Å². The van der Waals surface area contributed by atoms with Crippen molar-refractivity contribution in [1.82, 2.24) is 10.2 Å². The van der Waals surface area contributed by atoms with E-state index in [2.05, 4.69) is 11.4 Å². The molecule has 1 fully saturated rings. The number of amides is 2. The van der Waals surface area contributed by atoms with E-state index in [4.69, 9.17) is 4.42 Å². The molecule has 158 valence electrons. The maximum absolute atomic E-state index is 12.6. The summed E-state index contributed by atoms with van der Waals surface area (Å²) < 4.78 is 5.23. The third-order valence-corrected chi connectivity index (χ3v) is 6.24. The van der Waals surface area contributed by atoms with Crippen LogP contribution in [0.25, 0.3) is 0 Å². The first kappa shape index (κ1) is 20.4. The predicted molar refractivity (Wildman–Crippen MR) is 113 cm³/mol. The van der Waals surface area contributed by atoms with Crippen LogP contribution in [0.1, 0.15) is 69.7 Å². The molecular weight excluding hydrogens is 380 g/mol. The van der Waals surface area contributed by atoms with E-state index in [1.54, 1.807) is 11.0 Å². The van der Waals surface area contributed by atoms with Crippen LogP contribution in [-0.4, -0.2) is 41.6 Å². The number of carbonyl (C=O) groups excluding carboxylic acids is 3. The minimum Gasteiger partial charge on any atom is -0.459 e. The molecule has 0 bridgehead atoms. The average molecular weight is 408 g/mol. The van der Waals surface area contributed by atoms with Crippen molar-refractivity contribution in [2.45, 2.75) is 57.9 Å². The van der Waals surface area contributed by atoms with E-state index in [-0.39, 0.29) is 36.5 Å². The fourth-order valence-corrected chi connectivity index (χ4v) is 4.40. The van der Waals surface area contributed by atoms with Crippen LogP contribution in [0.15, 0.2) is 34.9 Å². The topological polar surface area (TPSA) is 79.6 Å². The summed E-state index contributed by atoms with van der Waals surface area (Å²) in [5.74, 6) is 0.186. The van der Waals surface area contributed by atoms with Crippen LogP contribution in [0.4, 0.5) is 0 Å². The Labute approximate surface area is 176 Å². The van der Waals surface area contributed by atoms with Gasteiger partial charge in [0.25, 0.3) is 5.91 Å².